The van der Waals surface area contributed by atoms with Crippen LogP contribution in [0.25, 0.3) is 0 Å². The molecular weight excluding hydrogens is 216 g/mol. The second-order valence-electron chi connectivity index (χ2n) is 3.71. The molecule has 74 valence electrons. The van der Waals surface area contributed by atoms with Gasteiger partial charge in [0.25, 0.3) is 0 Å². The lowest BCUT2D eigenvalue weighted by Crippen LogP contribution is -2.12. The van der Waals surface area contributed by atoms with Gasteiger partial charge in [-0.1, -0.05) is 29.8 Å². The van der Waals surface area contributed by atoms with Gasteiger partial charge in [0.15, 0.2) is 0 Å². The third kappa shape index (κ3) is 8.54. The Labute approximate surface area is 85.0 Å². The normalized spacial score (nSPS) is 13.8. The number of unbranched alkanes of at least 4 members (excludes halogenated alkanes) is 1. The number of alkyl halides is 1. The summed E-state index contributed by atoms with van der Waals surface area (Å²) in [7, 11) is 0. The van der Waals surface area contributed by atoms with E-state index in [2.05, 4.69) is 36.7 Å². The highest BCUT2D eigenvalue weighted by molar-refractivity contribution is 9.09. The Hall–Kier alpha value is 0.440. The van der Waals surface area contributed by atoms with Crippen molar-refractivity contribution < 1.29 is 4.74 Å². The lowest BCUT2D eigenvalue weighted by atomic mass is 10.1. The smallest absolute Gasteiger partial charge is 0.0549 e. The second kappa shape index (κ2) is 8.06. The van der Waals surface area contributed by atoms with Crippen molar-refractivity contribution in [3.8, 4) is 0 Å². The Balaban J connectivity index is 3.14. The third-order valence-electron chi connectivity index (χ3n) is 1.73. The average Bonchev–Trinajstić information content (AvgIpc) is 1.97. The van der Waals surface area contributed by atoms with Crippen molar-refractivity contribution >= 4 is 15.9 Å². The van der Waals surface area contributed by atoms with Gasteiger partial charge in [-0.2, -0.15) is 0 Å². The fourth-order valence-electron chi connectivity index (χ4n) is 1.21. The summed E-state index contributed by atoms with van der Waals surface area (Å²) in [6, 6.07) is 0. The molecule has 0 radical (unpaired) electrons. The molecule has 0 aromatic rings. The zero-order valence-electron chi connectivity index (χ0n) is 8.48. The highest BCUT2D eigenvalue weighted by Gasteiger charge is 2.03. The van der Waals surface area contributed by atoms with Crippen molar-refractivity contribution in [3.63, 3.8) is 0 Å². The lowest BCUT2D eigenvalue weighted by molar-refractivity contribution is 0.0504. The van der Waals surface area contributed by atoms with E-state index in [1.165, 1.54) is 19.3 Å². The number of ether oxygens (including phenoxy) is 1. The standard InChI is InChI=1S/C10H21BrO/c1-9(2)8-10(3)12-7-5-4-6-11/h9-10H,4-8H2,1-3H3. The quantitative estimate of drug-likeness (QED) is 0.485. The Kier molecular flexibility index (Phi) is 8.35. The van der Waals surface area contributed by atoms with Crippen LogP contribution in [0.4, 0.5) is 0 Å². The van der Waals surface area contributed by atoms with Crippen LogP contribution >= 0.6 is 15.9 Å². The van der Waals surface area contributed by atoms with Gasteiger partial charge < -0.3 is 4.74 Å². The molecule has 0 aromatic heterocycles. The van der Waals surface area contributed by atoms with E-state index in [0.717, 1.165) is 17.9 Å². The molecule has 0 heterocycles. The molecule has 0 N–H and O–H groups in total. The van der Waals surface area contributed by atoms with E-state index in [9.17, 15) is 0 Å². The van der Waals surface area contributed by atoms with Gasteiger partial charge in [0, 0.05) is 11.9 Å². The lowest BCUT2D eigenvalue weighted by Gasteiger charge is -2.14. The molecule has 0 aliphatic carbocycles. The maximum Gasteiger partial charge on any atom is 0.0549 e. The summed E-state index contributed by atoms with van der Waals surface area (Å²) >= 11 is 3.40. The van der Waals surface area contributed by atoms with Crippen molar-refractivity contribution in [1.82, 2.24) is 0 Å². The predicted molar refractivity (Wildman–Crippen MR) is 57.9 cm³/mol. The molecule has 0 aliphatic heterocycles. The third-order valence-corrected chi connectivity index (χ3v) is 2.29. The Morgan fingerprint density at radius 1 is 1.17 bits per heavy atom. The van der Waals surface area contributed by atoms with E-state index < -0.39 is 0 Å². The summed E-state index contributed by atoms with van der Waals surface area (Å²) in [4.78, 5) is 0. The molecule has 1 atom stereocenters. The minimum Gasteiger partial charge on any atom is -0.378 e. The fraction of sp³-hybridized carbons (Fsp3) is 1.00. The van der Waals surface area contributed by atoms with Gasteiger partial charge >= 0.3 is 0 Å². The van der Waals surface area contributed by atoms with E-state index in [-0.39, 0.29) is 0 Å². The SMILES string of the molecule is CC(C)CC(C)OCCCCBr. The van der Waals surface area contributed by atoms with Crippen molar-refractivity contribution in [2.24, 2.45) is 5.92 Å². The summed E-state index contributed by atoms with van der Waals surface area (Å²) in [6.07, 6.45) is 4.00. The first-order valence-electron chi connectivity index (χ1n) is 4.84. The van der Waals surface area contributed by atoms with Crippen LogP contribution in [0.2, 0.25) is 0 Å². The molecule has 0 rings (SSSR count). The summed E-state index contributed by atoms with van der Waals surface area (Å²) in [5, 5.41) is 1.09. The van der Waals surface area contributed by atoms with Crippen LogP contribution in [0, 0.1) is 5.92 Å². The molecule has 0 spiro atoms. The summed E-state index contributed by atoms with van der Waals surface area (Å²) in [5.74, 6) is 0.746. The minimum absolute atomic E-state index is 0.431. The molecule has 2 heteroatoms. The number of rotatable bonds is 7. The van der Waals surface area contributed by atoms with Crippen LogP contribution in [0.15, 0.2) is 0 Å². The first-order valence-corrected chi connectivity index (χ1v) is 5.96. The topological polar surface area (TPSA) is 9.23 Å². The molecule has 0 saturated carbocycles. The van der Waals surface area contributed by atoms with E-state index in [1.807, 2.05) is 0 Å². The monoisotopic (exact) mass is 236 g/mol. The van der Waals surface area contributed by atoms with Gasteiger partial charge in [0.1, 0.15) is 0 Å². The van der Waals surface area contributed by atoms with Crippen LogP contribution in [0.1, 0.15) is 40.0 Å². The molecule has 0 amide bonds. The zero-order valence-corrected chi connectivity index (χ0v) is 10.1. The van der Waals surface area contributed by atoms with Crippen LogP contribution in [0.5, 0.6) is 0 Å². The minimum atomic E-state index is 0.431. The van der Waals surface area contributed by atoms with E-state index in [0.29, 0.717) is 6.10 Å². The molecule has 12 heavy (non-hydrogen) atoms. The molecule has 0 aliphatic rings. The first-order chi connectivity index (χ1) is 5.66. The van der Waals surface area contributed by atoms with Crippen molar-refractivity contribution in [1.29, 1.82) is 0 Å². The van der Waals surface area contributed by atoms with Gasteiger partial charge in [0.05, 0.1) is 6.10 Å². The second-order valence-corrected chi connectivity index (χ2v) is 4.50. The van der Waals surface area contributed by atoms with Crippen LogP contribution in [0.3, 0.4) is 0 Å². The van der Waals surface area contributed by atoms with Gasteiger partial charge in [-0.05, 0) is 32.1 Å². The Bertz CT molecular complexity index is 93.8. The van der Waals surface area contributed by atoms with Crippen molar-refractivity contribution in [2.45, 2.75) is 46.1 Å². The highest BCUT2D eigenvalue weighted by Crippen LogP contribution is 2.08. The van der Waals surface area contributed by atoms with Crippen molar-refractivity contribution in [2.75, 3.05) is 11.9 Å². The molecule has 0 bridgehead atoms. The first kappa shape index (κ1) is 12.4. The van der Waals surface area contributed by atoms with Crippen LogP contribution < -0.4 is 0 Å². The van der Waals surface area contributed by atoms with Gasteiger partial charge in [-0.3, -0.25) is 0 Å². The Morgan fingerprint density at radius 3 is 2.33 bits per heavy atom. The highest BCUT2D eigenvalue weighted by atomic mass is 79.9. The number of hydrogen-bond acceptors (Lipinski definition) is 1. The zero-order chi connectivity index (χ0) is 9.40. The fourth-order valence-corrected chi connectivity index (χ4v) is 1.61. The number of halogens is 1. The molecule has 1 unspecified atom stereocenters. The van der Waals surface area contributed by atoms with Crippen LogP contribution in [-0.2, 0) is 4.74 Å². The number of hydrogen-bond donors (Lipinski definition) is 0. The maximum atomic E-state index is 5.63. The summed E-state index contributed by atoms with van der Waals surface area (Å²) < 4.78 is 5.63. The summed E-state index contributed by atoms with van der Waals surface area (Å²) in [6.45, 7) is 7.55. The molecule has 0 saturated heterocycles. The van der Waals surface area contributed by atoms with E-state index >= 15 is 0 Å². The molecular formula is C10H21BrO. The van der Waals surface area contributed by atoms with Crippen LogP contribution in [-0.4, -0.2) is 18.0 Å². The molecule has 0 aromatic carbocycles. The largest absolute Gasteiger partial charge is 0.378 e. The van der Waals surface area contributed by atoms with Gasteiger partial charge in [0.2, 0.25) is 0 Å². The summed E-state index contributed by atoms with van der Waals surface area (Å²) in [5.41, 5.74) is 0. The van der Waals surface area contributed by atoms with Crippen molar-refractivity contribution in [3.05, 3.63) is 0 Å². The predicted octanol–water partition coefficient (Wildman–Crippen LogP) is 3.61. The molecule has 0 fully saturated rings. The maximum absolute atomic E-state index is 5.63. The van der Waals surface area contributed by atoms with E-state index in [1.54, 1.807) is 0 Å². The molecule has 1 nitrogen and oxygen atoms in total. The van der Waals surface area contributed by atoms with E-state index in [4.69, 9.17) is 4.74 Å². The Morgan fingerprint density at radius 2 is 1.83 bits per heavy atom. The average molecular weight is 237 g/mol. The van der Waals surface area contributed by atoms with Gasteiger partial charge in [-0.25, -0.2) is 0 Å². The van der Waals surface area contributed by atoms with Gasteiger partial charge in [-0.15, -0.1) is 0 Å².